The van der Waals surface area contributed by atoms with Crippen molar-refractivity contribution in [2.45, 2.75) is 24.5 Å². The third kappa shape index (κ3) is 4.01. The fourth-order valence-corrected chi connectivity index (χ4v) is 3.60. The highest BCUT2D eigenvalue weighted by Crippen LogP contribution is 2.38. The van der Waals surface area contributed by atoms with Crippen molar-refractivity contribution in [2.24, 2.45) is 0 Å². The Hall–Kier alpha value is -2.08. The summed E-state index contributed by atoms with van der Waals surface area (Å²) < 4.78 is 10.6. The molecule has 1 saturated heterocycles. The number of para-hydroxylation sites is 1. The van der Waals surface area contributed by atoms with Crippen molar-refractivity contribution in [1.82, 2.24) is 4.90 Å². The molecule has 1 fully saturated rings. The third-order valence-corrected chi connectivity index (χ3v) is 5.20. The highest BCUT2D eigenvalue weighted by atomic mass is 16.5. The average molecular weight is 357 g/mol. The van der Waals surface area contributed by atoms with Gasteiger partial charge in [-0.3, -0.25) is 0 Å². The molecule has 26 heavy (non-hydrogen) atoms. The molecule has 0 unspecified atom stereocenters. The number of aliphatic hydroxyl groups is 2. The van der Waals surface area contributed by atoms with Gasteiger partial charge in [-0.2, -0.15) is 0 Å². The van der Waals surface area contributed by atoms with Crippen LogP contribution in [0.4, 0.5) is 0 Å². The fourth-order valence-electron chi connectivity index (χ4n) is 3.60. The number of nitrogens with zero attached hydrogens (tertiary/aromatic N) is 1. The van der Waals surface area contributed by atoms with Crippen molar-refractivity contribution in [3.05, 3.63) is 59.7 Å². The van der Waals surface area contributed by atoms with Gasteiger partial charge in [-0.25, -0.2) is 0 Å². The smallest absolute Gasteiger partial charge is 0.124 e. The van der Waals surface area contributed by atoms with Gasteiger partial charge in [0, 0.05) is 25.2 Å². The summed E-state index contributed by atoms with van der Waals surface area (Å²) in [6.45, 7) is 1.97. The Kier molecular flexibility index (Phi) is 5.81. The summed E-state index contributed by atoms with van der Waals surface area (Å²) in [7, 11) is 3.25. The zero-order chi connectivity index (χ0) is 18.6. The molecule has 5 nitrogen and oxygen atoms in total. The normalized spacial score (nSPS) is 18.3. The third-order valence-electron chi connectivity index (χ3n) is 5.20. The molecule has 3 rings (SSSR count). The topological polar surface area (TPSA) is 62.2 Å². The minimum Gasteiger partial charge on any atom is -0.497 e. The van der Waals surface area contributed by atoms with Gasteiger partial charge >= 0.3 is 0 Å². The number of aliphatic hydroxyl groups excluding tert-OH is 1. The summed E-state index contributed by atoms with van der Waals surface area (Å²) >= 11 is 0. The van der Waals surface area contributed by atoms with Crippen LogP contribution in [0.5, 0.6) is 11.5 Å². The molecule has 5 heteroatoms. The van der Waals surface area contributed by atoms with Crippen LogP contribution in [0.2, 0.25) is 0 Å². The monoisotopic (exact) mass is 357 g/mol. The van der Waals surface area contributed by atoms with Crippen molar-refractivity contribution >= 4 is 0 Å². The van der Waals surface area contributed by atoms with Gasteiger partial charge in [-0.1, -0.05) is 30.3 Å². The van der Waals surface area contributed by atoms with Gasteiger partial charge in [0.05, 0.1) is 25.9 Å². The van der Waals surface area contributed by atoms with E-state index in [9.17, 15) is 10.2 Å². The van der Waals surface area contributed by atoms with Crippen molar-refractivity contribution < 1.29 is 19.7 Å². The molecule has 0 amide bonds. The van der Waals surface area contributed by atoms with Gasteiger partial charge in [0.2, 0.25) is 0 Å². The Labute approximate surface area is 154 Å². The SMILES string of the molecule is COc1cccc([C@@H](O)CN2CCC(O)(c3ccccc3OC)CC2)c1. The van der Waals surface area contributed by atoms with E-state index in [1.165, 1.54) is 0 Å². The van der Waals surface area contributed by atoms with Crippen LogP contribution in [0.25, 0.3) is 0 Å². The second-order valence-electron chi connectivity index (χ2n) is 6.82. The number of benzene rings is 2. The first kappa shape index (κ1) is 18.7. The summed E-state index contributed by atoms with van der Waals surface area (Å²) in [6, 6.07) is 15.2. The second kappa shape index (κ2) is 8.08. The van der Waals surface area contributed by atoms with Gasteiger partial charge < -0.3 is 24.6 Å². The molecule has 1 atom stereocenters. The second-order valence-corrected chi connectivity index (χ2v) is 6.82. The standard InChI is InChI=1S/C21H27NO4/c1-25-17-7-5-6-16(14-17)19(23)15-22-12-10-21(24,11-13-22)18-8-3-4-9-20(18)26-2/h3-9,14,19,23-24H,10-13,15H2,1-2H3/t19-/m0/s1. The maximum Gasteiger partial charge on any atom is 0.124 e. The molecule has 1 heterocycles. The molecule has 0 bridgehead atoms. The number of ether oxygens (including phenoxy) is 2. The van der Waals surface area contributed by atoms with Crippen molar-refractivity contribution in [1.29, 1.82) is 0 Å². The van der Waals surface area contributed by atoms with Gasteiger partial charge in [-0.05, 0) is 36.6 Å². The minimum atomic E-state index is -0.885. The maximum atomic E-state index is 11.1. The number of β-amino-alcohol motifs (C(OH)–C–C–N with tert-alkyl or cyclic N) is 1. The van der Waals surface area contributed by atoms with E-state index in [2.05, 4.69) is 4.90 Å². The molecule has 1 aliphatic rings. The summed E-state index contributed by atoms with van der Waals surface area (Å²) in [6.07, 6.45) is 0.638. The highest BCUT2D eigenvalue weighted by molar-refractivity contribution is 5.38. The maximum absolute atomic E-state index is 11.1. The van der Waals surface area contributed by atoms with Crippen LogP contribution < -0.4 is 9.47 Å². The van der Waals surface area contributed by atoms with Crippen molar-refractivity contribution in [2.75, 3.05) is 33.9 Å². The molecule has 2 aromatic carbocycles. The Bertz CT molecular complexity index is 725. The lowest BCUT2D eigenvalue weighted by molar-refractivity contribution is -0.0358. The van der Waals surface area contributed by atoms with Crippen LogP contribution in [0.3, 0.4) is 0 Å². The largest absolute Gasteiger partial charge is 0.497 e. The first-order valence-electron chi connectivity index (χ1n) is 8.96. The predicted octanol–water partition coefficient (Wildman–Crippen LogP) is 2.72. The highest BCUT2D eigenvalue weighted by Gasteiger charge is 2.36. The number of rotatable bonds is 6. The molecule has 0 spiro atoms. The number of hydrogen-bond acceptors (Lipinski definition) is 5. The van der Waals surface area contributed by atoms with Crippen LogP contribution in [-0.2, 0) is 5.60 Å². The van der Waals surface area contributed by atoms with Gasteiger partial charge in [0.1, 0.15) is 11.5 Å². The van der Waals surface area contributed by atoms with Crippen LogP contribution >= 0.6 is 0 Å². The number of methoxy groups -OCH3 is 2. The van der Waals surface area contributed by atoms with E-state index in [1.54, 1.807) is 14.2 Å². The number of piperidine rings is 1. The lowest BCUT2D eigenvalue weighted by Gasteiger charge is -2.39. The van der Waals surface area contributed by atoms with Gasteiger partial charge in [0.15, 0.2) is 0 Å². The average Bonchev–Trinajstić information content (AvgIpc) is 2.69. The van der Waals surface area contributed by atoms with Crippen LogP contribution in [-0.4, -0.2) is 49.0 Å². The summed E-state index contributed by atoms with van der Waals surface area (Å²) in [5, 5.41) is 21.6. The Morgan fingerprint density at radius 3 is 2.46 bits per heavy atom. The van der Waals surface area contributed by atoms with E-state index in [4.69, 9.17) is 9.47 Å². The van der Waals surface area contributed by atoms with E-state index in [0.717, 1.165) is 35.7 Å². The first-order valence-corrected chi connectivity index (χ1v) is 8.96. The zero-order valence-electron chi connectivity index (χ0n) is 15.4. The van der Waals surface area contributed by atoms with E-state index in [-0.39, 0.29) is 0 Å². The molecular formula is C21H27NO4. The Balaban J connectivity index is 1.63. The van der Waals surface area contributed by atoms with Gasteiger partial charge in [0.25, 0.3) is 0 Å². The fraction of sp³-hybridized carbons (Fsp3) is 0.429. The van der Waals surface area contributed by atoms with E-state index in [1.807, 2.05) is 48.5 Å². The molecule has 0 saturated carbocycles. The molecule has 0 aliphatic carbocycles. The molecule has 0 aromatic heterocycles. The molecule has 2 N–H and O–H groups in total. The predicted molar refractivity (Wildman–Crippen MR) is 101 cm³/mol. The molecular weight excluding hydrogens is 330 g/mol. The lowest BCUT2D eigenvalue weighted by Crippen LogP contribution is -2.44. The summed E-state index contributed by atoms with van der Waals surface area (Å²) in [5.74, 6) is 1.46. The number of hydrogen-bond donors (Lipinski definition) is 2. The number of likely N-dealkylation sites (tertiary alicyclic amines) is 1. The summed E-state index contributed by atoms with van der Waals surface area (Å²) in [4.78, 5) is 2.19. The van der Waals surface area contributed by atoms with Crippen molar-refractivity contribution in [3.8, 4) is 11.5 Å². The van der Waals surface area contributed by atoms with Gasteiger partial charge in [-0.15, -0.1) is 0 Å². The lowest BCUT2D eigenvalue weighted by atomic mass is 9.83. The van der Waals surface area contributed by atoms with Crippen LogP contribution in [0, 0.1) is 0 Å². The van der Waals surface area contributed by atoms with E-state index in [0.29, 0.717) is 19.4 Å². The van der Waals surface area contributed by atoms with E-state index < -0.39 is 11.7 Å². The van der Waals surface area contributed by atoms with E-state index >= 15 is 0 Å². The van der Waals surface area contributed by atoms with Crippen molar-refractivity contribution in [3.63, 3.8) is 0 Å². The Morgan fingerprint density at radius 1 is 1.04 bits per heavy atom. The quantitative estimate of drug-likeness (QED) is 0.832. The Morgan fingerprint density at radius 2 is 1.77 bits per heavy atom. The molecule has 0 radical (unpaired) electrons. The minimum absolute atomic E-state index is 0.537. The molecule has 1 aliphatic heterocycles. The zero-order valence-corrected chi connectivity index (χ0v) is 15.4. The van der Waals surface area contributed by atoms with Crippen LogP contribution in [0.15, 0.2) is 48.5 Å². The van der Waals surface area contributed by atoms with Crippen LogP contribution in [0.1, 0.15) is 30.1 Å². The first-order chi connectivity index (χ1) is 12.6. The molecule has 2 aromatic rings. The summed E-state index contributed by atoms with van der Waals surface area (Å²) in [5.41, 5.74) is 0.801. The molecule has 140 valence electrons.